The van der Waals surface area contributed by atoms with Crippen LogP contribution in [-0.4, -0.2) is 72.6 Å². The van der Waals surface area contributed by atoms with Gasteiger partial charge < -0.3 is 14.4 Å². The molecule has 0 N–H and O–H groups in total. The van der Waals surface area contributed by atoms with Gasteiger partial charge in [-0.1, -0.05) is 18.2 Å². The maximum Gasteiger partial charge on any atom is 0.327 e. The van der Waals surface area contributed by atoms with Gasteiger partial charge in [0.05, 0.1) is 13.7 Å². The van der Waals surface area contributed by atoms with E-state index in [-0.39, 0.29) is 18.5 Å². The molecule has 3 heterocycles. The molecule has 1 spiro atoms. The number of hydrogen-bond donors (Lipinski definition) is 0. The average Bonchev–Trinajstić information content (AvgIpc) is 3.39. The molecule has 4 rings (SSSR count). The first-order chi connectivity index (χ1) is 15.6. The molecule has 2 aliphatic heterocycles. The van der Waals surface area contributed by atoms with Crippen LogP contribution in [0.5, 0.6) is 5.75 Å². The summed E-state index contributed by atoms with van der Waals surface area (Å²) in [6.07, 6.45) is 2.04. The van der Waals surface area contributed by atoms with E-state index < -0.39 is 5.54 Å². The maximum atomic E-state index is 13.7. The van der Waals surface area contributed by atoms with Gasteiger partial charge in [-0.25, -0.2) is 4.79 Å². The third kappa shape index (κ3) is 4.53. The quantitative estimate of drug-likeness (QED) is 0.425. The van der Waals surface area contributed by atoms with Crippen molar-refractivity contribution in [3.8, 4) is 5.75 Å². The molecule has 3 amide bonds. The lowest BCUT2D eigenvalue weighted by molar-refractivity contribution is -0.136. The Morgan fingerprint density at radius 3 is 2.41 bits per heavy atom. The van der Waals surface area contributed by atoms with Gasteiger partial charge in [0.2, 0.25) is 0 Å². The predicted octanol–water partition coefficient (Wildman–Crippen LogP) is 3.59. The zero-order valence-electron chi connectivity index (χ0n) is 18.8. The van der Waals surface area contributed by atoms with Crippen molar-refractivity contribution in [3.63, 3.8) is 0 Å². The zero-order valence-corrected chi connectivity index (χ0v) is 19.6. The molecular formula is C24H31N3O4S. The summed E-state index contributed by atoms with van der Waals surface area (Å²) in [4.78, 5) is 34.0. The third-order valence-electron chi connectivity index (χ3n) is 6.49. The van der Waals surface area contributed by atoms with Crippen molar-refractivity contribution in [2.75, 3.05) is 40.5 Å². The van der Waals surface area contributed by atoms with Crippen molar-refractivity contribution < 1.29 is 19.1 Å². The smallest absolute Gasteiger partial charge is 0.327 e. The van der Waals surface area contributed by atoms with Crippen LogP contribution < -0.4 is 4.74 Å². The Morgan fingerprint density at radius 1 is 1.03 bits per heavy atom. The SMILES string of the molecule is COCCCN1C(=O)N(Cc2ccc(OC)cc2)C(=O)C12CCN(Cc1cccs1)CC2. The number of hydrogen-bond acceptors (Lipinski definition) is 6. The van der Waals surface area contributed by atoms with E-state index in [4.69, 9.17) is 9.47 Å². The highest BCUT2D eigenvalue weighted by atomic mass is 32.1. The van der Waals surface area contributed by atoms with Crippen LogP contribution in [0, 0.1) is 0 Å². The van der Waals surface area contributed by atoms with Gasteiger partial charge in [-0.2, -0.15) is 0 Å². The van der Waals surface area contributed by atoms with E-state index in [1.807, 2.05) is 29.2 Å². The monoisotopic (exact) mass is 457 g/mol. The number of urea groups is 1. The highest BCUT2D eigenvalue weighted by Gasteiger charge is 2.57. The van der Waals surface area contributed by atoms with Crippen molar-refractivity contribution in [1.29, 1.82) is 0 Å². The molecule has 7 nitrogen and oxygen atoms in total. The first kappa shape index (κ1) is 22.8. The van der Waals surface area contributed by atoms with Gasteiger partial charge >= 0.3 is 6.03 Å². The largest absolute Gasteiger partial charge is 0.497 e. The first-order valence-corrected chi connectivity index (χ1v) is 12.0. The first-order valence-electron chi connectivity index (χ1n) is 11.1. The van der Waals surface area contributed by atoms with Gasteiger partial charge in [-0.3, -0.25) is 14.6 Å². The van der Waals surface area contributed by atoms with Gasteiger partial charge in [-0.05, 0) is 48.4 Å². The van der Waals surface area contributed by atoms with E-state index in [1.165, 1.54) is 9.78 Å². The molecular weight excluding hydrogens is 426 g/mol. The number of rotatable bonds is 9. The van der Waals surface area contributed by atoms with Crippen molar-refractivity contribution in [2.45, 2.75) is 37.9 Å². The number of imide groups is 1. The Bertz CT molecular complexity index is 908. The van der Waals surface area contributed by atoms with Crippen LogP contribution >= 0.6 is 11.3 Å². The van der Waals surface area contributed by atoms with E-state index in [0.29, 0.717) is 32.4 Å². The molecule has 2 fully saturated rings. The van der Waals surface area contributed by atoms with Crippen molar-refractivity contribution in [1.82, 2.24) is 14.7 Å². The van der Waals surface area contributed by atoms with Gasteiger partial charge in [-0.15, -0.1) is 11.3 Å². The number of carbonyl (C=O) groups excluding carboxylic acids is 2. The molecule has 2 aliphatic rings. The molecule has 0 atom stereocenters. The molecule has 0 unspecified atom stereocenters. The molecule has 172 valence electrons. The van der Waals surface area contributed by atoms with Gasteiger partial charge in [0.1, 0.15) is 11.3 Å². The Hall–Kier alpha value is -2.42. The number of carbonyl (C=O) groups is 2. The summed E-state index contributed by atoms with van der Waals surface area (Å²) in [5.41, 5.74) is 0.167. The molecule has 0 saturated carbocycles. The molecule has 2 saturated heterocycles. The van der Waals surface area contributed by atoms with E-state index >= 15 is 0 Å². The third-order valence-corrected chi connectivity index (χ3v) is 7.36. The Labute approximate surface area is 193 Å². The highest BCUT2D eigenvalue weighted by molar-refractivity contribution is 7.09. The summed E-state index contributed by atoms with van der Waals surface area (Å²) in [6.45, 7) is 3.87. The second-order valence-corrected chi connectivity index (χ2v) is 9.44. The van der Waals surface area contributed by atoms with E-state index in [1.54, 1.807) is 25.6 Å². The number of nitrogens with zero attached hydrogens (tertiary/aromatic N) is 3. The van der Waals surface area contributed by atoms with Crippen molar-refractivity contribution in [3.05, 3.63) is 52.2 Å². The lowest BCUT2D eigenvalue weighted by Crippen LogP contribution is -2.56. The summed E-state index contributed by atoms with van der Waals surface area (Å²) in [7, 11) is 3.28. The standard InChI is InChI=1S/C24H31N3O4S/c1-30-15-4-12-27-23(29)26(17-19-6-8-20(31-2)9-7-19)22(28)24(27)10-13-25(14-11-24)18-21-5-3-16-32-21/h3,5-9,16H,4,10-15,17-18H2,1-2H3. The minimum absolute atomic E-state index is 0.0634. The second-order valence-electron chi connectivity index (χ2n) is 8.41. The summed E-state index contributed by atoms with van der Waals surface area (Å²) < 4.78 is 10.4. The normalized spacial score (nSPS) is 18.7. The van der Waals surface area contributed by atoms with Crippen LogP contribution in [0.2, 0.25) is 0 Å². The molecule has 1 aromatic heterocycles. The van der Waals surface area contributed by atoms with Gasteiger partial charge in [0.15, 0.2) is 0 Å². The number of benzene rings is 1. The molecule has 0 bridgehead atoms. The predicted molar refractivity (Wildman–Crippen MR) is 124 cm³/mol. The van der Waals surface area contributed by atoms with Crippen molar-refractivity contribution in [2.24, 2.45) is 0 Å². The lowest BCUT2D eigenvalue weighted by Gasteiger charge is -2.42. The summed E-state index contributed by atoms with van der Waals surface area (Å²) in [6, 6.07) is 11.6. The van der Waals surface area contributed by atoms with E-state index in [2.05, 4.69) is 22.4 Å². The Balaban J connectivity index is 1.50. The topological polar surface area (TPSA) is 62.3 Å². The van der Waals surface area contributed by atoms with Crippen LogP contribution in [0.15, 0.2) is 41.8 Å². The Kier molecular flexibility index (Phi) is 7.13. The zero-order chi connectivity index (χ0) is 22.6. The van der Waals surface area contributed by atoms with Crippen LogP contribution in [0.25, 0.3) is 0 Å². The summed E-state index contributed by atoms with van der Waals surface area (Å²) in [5, 5.41) is 2.09. The molecule has 0 radical (unpaired) electrons. The molecule has 2 aromatic rings. The van der Waals surface area contributed by atoms with Crippen LogP contribution in [0.4, 0.5) is 4.79 Å². The highest BCUT2D eigenvalue weighted by Crippen LogP contribution is 2.38. The number of thiophene rings is 1. The van der Waals surface area contributed by atoms with Crippen LogP contribution in [-0.2, 0) is 22.6 Å². The fourth-order valence-corrected chi connectivity index (χ4v) is 5.45. The minimum Gasteiger partial charge on any atom is -0.497 e. The van der Waals surface area contributed by atoms with Gasteiger partial charge in [0.25, 0.3) is 5.91 Å². The molecule has 8 heteroatoms. The number of amides is 3. The van der Waals surface area contributed by atoms with Crippen LogP contribution in [0.1, 0.15) is 29.7 Å². The fraction of sp³-hybridized carbons (Fsp3) is 0.500. The Morgan fingerprint density at radius 2 is 1.78 bits per heavy atom. The van der Waals surface area contributed by atoms with Crippen molar-refractivity contribution >= 4 is 23.3 Å². The lowest BCUT2D eigenvalue weighted by atomic mass is 9.85. The second kappa shape index (κ2) is 10.0. The maximum absolute atomic E-state index is 13.7. The molecule has 1 aromatic carbocycles. The number of likely N-dealkylation sites (tertiary alicyclic amines) is 1. The fourth-order valence-electron chi connectivity index (χ4n) is 4.70. The summed E-state index contributed by atoms with van der Waals surface area (Å²) in [5.74, 6) is 0.690. The van der Waals surface area contributed by atoms with Crippen LogP contribution in [0.3, 0.4) is 0 Å². The van der Waals surface area contributed by atoms with E-state index in [9.17, 15) is 9.59 Å². The molecule has 0 aliphatic carbocycles. The number of ether oxygens (including phenoxy) is 2. The number of methoxy groups -OCH3 is 2. The van der Waals surface area contributed by atoms with E-state index in [0.717, 1.165) is 30.9 Å². The van der Waals surface area contributed by atoms with Gasteiger partial charge in [0, 0.05) is 44.8 Å². The minimum atomic E-state index is -0.747. The average molecular weight is 458 g/mol. The molecule has 32 heavy (non-hydrogen) atoms. The summed E-state index contributed by atoms with van der Waals surface area (Å²) >= 11 is 1.76. The number of piperidine rings is 1.